The van der Waals surface area contributed by atoms with E-state index in [4.69, 9.17) is 14.2 Å². The van der Waals surface area contributed by atoms with E-state index >= 15 is 0 Å². The Kier molecular flexibility index (Phi) is 6.74. The molecule has 0 saturated heterocycles. The van der Waals surface area contributed by atoms with Crippen molar-refractivity contribution in [2.45, 2.75) is 20.4 Å². The molecule has 106 valence electrons. The summed E-state index contributed by atoms with van der Waals surface area (Å²) >= 11 is 0. The van der Waals surface area contributed by atoms with E-state index < -0.39 is 0 Å². The molecule has 0 bridgehead atoms. The zero-order valence-electron chi connectivity index (χ0n) is 11.7. The second-order valence-electron chi connectivity index (χ2n) is 3.85. The maximum Gasteiger partial charge on any atom is 0.344 e. The summed E-state index contributed by atoms with van der Waals surface area (Å²) < 4.78 is 15.5. The second kappa shape index (κ2) is 8.37. The Morgan fingerprint density at radius 1 is 1.32 bits per heavy atom. The molecule has 0 aromatic heterocycles. The number of ether oxygens (including phenoxy) is 3. The molecule has 0 aliphatic rings. The summed E-state index contributed by atoms with van der Waals surface area (Å²) in [6.45, 7) is 5.59. The van der Waals surface area contributed by atoms with Gasteiger partial charge in [-0.15, -0.1) is 0 Å². The Bertz CT molecular complexity index is 406. The molecule has 1 aromatic rings. The van der Waals surface area contributed by atoms with Crippen LogP contribution in [0.1, 0.15) is 19.4 Å². The van der Waals surface area contributed by atoms with Crippen LogP contribution in [0.25, 0.3) is 0 Å². The summed E-state index contributed by atoms with van der Waals surface area (Å²) in [6, 6.07) is 5.55. The molecule has 19 heavy (non-hydrogen) atoms. The Labute approximate surface area is 113 Å². The Morgan fingerprint density at radius 3 is 2.74 bits per heavy atom. The van der Waals surface area contributed by atoms with Crippen molar-refractivity contribution in [2.75, 3.05) is 26.9 Å². The summed E-state index contributed by atoms with van der Waals surface area (Å²) in [6.07, 6.45) is 0. The van der Waals surface area contributed by atoms with Crippen LogP contribution in [0.15, 0.2) is 18.2 Å². The Balaban J connectivity index is 2.73. The molecule has 0 fully saturated rings. The Hall–Kier alpha value is -1.75. The molecular formula is C14H21NO4. The first kappa shape index (κ1) is 15.3. The summed E-state index contributed by atoms with van der Waals surface area (Å²) in [7, 11) is 1.59. The molecule has 0 spiro atoms. The molecular weight excluding hydrogens is 246 g/mol. The predicted molar refractivity (Wildman–Crippen MR) is 72.5 cm³/mol. The minimum absolute atomic E-state index is 0.0971. The molecule has 1 aromatic carbocycles. The van der Waals surface area contributed by atoms with E-state index in [1.807, 2.05) is 19.1 Å². The van der Waals surface area contributed by atoms with Crippen LogP contribution >= 0.6 is 0 Å². The summed E-state index contributed by atoms with van der Waals surface area (Å²) in [5, 5.41) is 3.22. The molecule has 1 N–H and O–H groups in total. The lowest BCUT2D eigenvalue weighted by Gasteiger charge is -2.12. The van der Waals surface area contributed by atoms with Gasteiger partial charge >= 0.3 is 5.97 Å². The minimum atomic E-state index is -0.375. The number of carbonyl (C=O) groups is 1. The lowest BCUT2D eigenvalue weighted by molar-refractivity contribution is -0.145. The molecule has 0 atom stereocenters. The number of methoxy groups -OCH3 is 1. The van der Waals surface area contributed by atoms with Gasteiger partial charge in [-0.05, 0) is 19.5 Å². The molecule has 5 nitrogen and oxygen atoms in total. The van der Waals surface area contributed by atoms with Gasteiger partial charge in [0, 0.05) is 18.2 Å². The van der Waals surface area contributed by atoms with E-state index in [1.54, 1.807) is 20.1 Å². The van der Waals surface area contributed by atoms with Crippen molar-refractivity contribution in [3.05, 3.63) is 23.8 Å². The van der Waals surface area contributed by atoms with Gasteiger partial charge in [0.15, 0.2) is 6.61 Å². The van der Waals surface area contributed by atoms with Gasteiger partial charge < -0.3 is 19.5 Å². The van der Waals surface area contributed by atoms with Crippen molar-refractivity contribution < 1.29 is 19.0 Å². The van der Waals surface area contributed by atoms with Crippen LogP contribution in [0.4, 0.5) is 0 Å². The fourth-order valence-corrected chi connectivity index (χ4v) is 1.54. The van der Waals surface area contributed by atoms with Gasteiger partial charge in [-0.25, -0.2) is 4.79 Å². The molecule has 0 aliphatic carbocycles. The van der Waals surface area contributed by atoms with E-state index in [-0.39, 0.29) is 12.6 Å². The maximum atomic E-state index is 11.3. The number of hydrogen-bond donors (Lipinski definition) is 1. The van der Waals surface area contributed by atoms with Crippen molar-refractivity contribution in [1.82, 2.24) is 5.32 Å². The van der Waals surface area contributed by atoms with E-state index in [1.165, 1.54) is 0 Å². The van der Waals surface area contributed by atoms with Crippen molar-refractivity contribution in [2.24, 2.45) is 0 Å². The molecule has 1 rings (SSSR count). The van der Waals surface area contributed by atoms with Gasteiger partial charge in [-0.2, -0.15) is 0 Å². The van der Waals surface area contributed by atoms with Crippen molar-refractivity contribution in [3.63, 3.8) is 0 Å². The van der Waals surface area contributed by atoms with Crippen LogP contribution in [0.5, 0.6) is 11.5 Å². The van der Waals surface area contributed by atoms with Gasteiger partial charge in [0.1, 0.15) is 11.5 Å². The second-order valence-corrected chi connectivity index (χ2v) is 3.85. The molecule has 5 heteroatoms. The van der Waals surface area contributed by atoms with Gasteiger partial charge in [0.25, 0.3) is 0 Å². The van der Waals surface area contributed by atoms with Crippen LogP contribution in [0.3, 0.4) is 0 Å². The van der Waals surface area contributed by atoms with E-state index in [2.05, 4.69) is 5.32 Å². The molecule has 0 radical (unpaired) electrons. The molecule has 0 saturated carbocycles. The molecule has 0 unspecified atom stereocenters. The average molecular weight is 267 g/mol. The highest BCUT2D eigenvalue weighted by molar-refractivity contribution is 5.71. The fraction of sp³-hybridized carbons (Fsp3) is 0.500. The Morgan fingerprint density at radius 2 is 2.11 bits per heavy atom. The zero-order valence-corrected chi connectivity index (χ0v) is 11.7. The van der Waals surface area contributed by atoms with Crippen LogP contribution < -0.4 is 14.8 Å². The normalized spacial score (nSPS) is 10.1. The number of rotatable bonds is 8. The third-order valence-corrected chi connectivity index (χ3v) is 2.49. The van der Waals surface area contributed by atoms with Crippen molar-refractivity contribution >= 4 is 5.97 Å². The van der Waals surface area contributed by atoms with Crippen molar-refractivity contribution in [3.8, 4) is 11.5 Å². The number of carbonyl (C=O) groups excluding carboxylic acids is 1. The summed E-state index contributed by atoms with van der Waals surface area (Å²) in [5.74, 6) is 0.951. The standard InChI is InChI=1S/C14H21NO4/c1-4-15-9-11-6-7-12(17-3)8-13(11)19-10-14(16)18-5-2/h6-8,15H,4-5,9-10H2,1-3H3. The average Bonchev–Trinajstić information content (AvgIpc) is 2.43. The third-order valence-electron chi connectivity index (χ3n) is 2.49. The third kappa shape index (κ3) is 5.18. The highest BCUT2D eigenvalue weighted by Crippen LogP contribution is 2.24. The number of esters is 1. The van der Waals surface area contributed by atoms with E-state index in [0.29, 0.717) is 24.7 Å². The minimum Gasteiger partial charge on any atom is -0.497 e. The molecule has 0 aliphatic heterocycles. The maximum absolute atomic E-state index is 11.3. The lowest BCUT2D eigenvalue weighted by atomic mass is 10.2. The summed E-state index contributed by atoms with van der Waals surface area (Å²) in [5.41, 5.74) is 0.979. The van der Waals surface area contributed by atoms with Crippen LogP contribution in [-0.4, -0.2) is 32.8 Å². The monoisotopic (exact) mass is 267 g/mol. The predicted octanol–water partition coefficient (Wildman–Crippen LogP) is 1.75. The first-order valence-electron chi connectivity index (χ1n) is 6.37. The quantitative estimate of drug-likeness (QED) is 0.727. The first-order valence-corrected chi connectivity index (χ1v) is 6.37. The largest absolute Gasteiger partial charge is 0.497 e. The fourth-order valence-electron chi connectivity index (χ4n) is 1.54. The van der Waals surface area contributed by atoms with Gasteiger partial charge in [-0.3, -0.25) is 0 Å². The van der Waals surface area contributed by atoms with Gasteiger partial charge in [0.05, 0.1) is 13.7 Å². The number of benzene rings is 1. The number of nitrogens with one attached hydrogen (secondary N) is 1. The zero-order chi connectivity index (χ0) is 14.1. The topological polar surface area (TPSA) is 56.8 Å². The summed E-state index contributed by atoms with van der Waals surface area (Å²) in [4.78, 5) is 11.3. The highest BCUT2D eigenvalue weighted by Gasteiger charge is 2.09. The van der Waals surface area contributed by atoms with Gasteiger partial charge in [0.2, 0.25) is 0 Å². The van der Waals surface area contributed by atoms with Gasteiger partial charge in [-0.1, -0.05) is 13.0 Å². The number of hydrogen-bond acceptors (Lipinski definition) is 5. The van der Waals surface area contributed by atoms with Crippen LogP contribution in [0.2, 0.25) is 0 Å². The van der Waals surface area contributed by atoms with E-state index in [0.717, 1.165) is 12.1 Å². The highest BCUT2D eigenvalue weighted by atomic mass is 16.6. The van der Waals surface area contributed by atoms with Crippen LogP contribution in [-0.2, 0) is 16.1 Å². The van der Waals surface area contributed by atoms with Crippen molar-refractivity contribution in [1.29, 1.82) is 0 Å². The molecule has 0 heterocycles. The SMILES string of the molecule is CCNCc1ccc(OC)cc1OCC(=O)OCC. The van der Waals surface area contributed by atoms with E-state index in [9.17, 15) is 4.79 Å². The first-order chi connectivity index (χ1) is 9.21. The molecule has 0 amide bonds. The van der Waals surface area contributed by atoms with Crippen LogP contribution in [0, 0.1) is 0 Å². The smallest absolute Gasteiger partial charge is 0.344 e. The lowest BCUT2D eigenvalue weighted by Crippen LogP contribution is -2.17.